The Morgan fingerprint density at radius 1 is 1.08 bits per heavy atom. The van der Waals surface area contributed by atoms with Gasteiger partial charge >= 0.3 is 5.97 Å². The summed E-state index contributed by atoms with van der Waals surface area (Å²) in [7, 11) is 3.60. The van der Waals surface area contributed by atoms with E-state index in [4.69, 9.17) is 49.9 Å². The molecule has 5 rings (SSSR count). The van der Waals surface area contributed by atoms with Gasteiger partial charge < -0.3 is 65.5 Å². The summed E-state index contributed by atoms with van der Waals surface area (Å²) in [5.41, 5.74) is 5.63. The molecule has 3 aliphatic heterocycles. The number of halogens is 1. The first-order valence-corrected chi connectivity index (χ1v) is 26.2. The fraction of sp³-hybridized carbons (Fsp3) is 0.686. The van der Waals surface area contributed by atoms with E-state index in [0.717, 1.165) is 13.8 Å². The van der Waals surface area contributed by atoms with Gasteiger partial charge in [-0.2, -0.15) is 0 Å². The van der Waals surface area contributed by atoms with E-state index in [1.807, 2.05) is 11.8 Å². The molecule has 25 heteroatoms. The Balaban J connectivity index is 0.00000301. The fourth-order valence-electron chi connectivity index (χ4n) is 9.59. The lowest BCUT2D eigenvalue weighted by Gasteiger charge is -2.47. The molecule has 0 aromatic carbocycles. The van der Waals surface area contributed by atoms with E-state index in [9.17, 15) is 34.2 Å². The van der Waals surface area contributed by atoms with Crippen molar-refractivity contribution < 1.29 is 77.0 Å². The molecule has 0 aliphatic carbocycles. The summed E-state index contributed by atoms with van der Waals surface area (Å²) in [6.45, 7) is 14.1. The number of aliphatic carboxylic acids is 1. The normalized spacial score (nSPS) is 33.2. The summed E-state index contributed by atoms with van der Waals surface area (Å²) < 4.78 is 49.1. The number of ketones is 1. The number of ether oxygens (including phenoxy) is 5. The fourth-order valence-corrected chi connectivity index (χ4v) is 10.3. The summed E-state index contributed by atoms with van der Waals surface area (Å²) >= 11 is 1.26. The monoisotopic (exact) mass is 1090 g/mol. The molecular formula is C51H77FN8O15S. The van der Waals surface area contributed by atoms with Crippen LogP contribution in [0.15, 0.2) is 33.9 Å². The van der Waals surface area contributed by atoms with Crippen molar-refractivity contribution in [2.75, 3.05) is 32.6 Å². The van der Waals surface area contributed by atoms with Crippen molar-refractivity contribution in [2.45, 2.75) is 180 Å². The number of aliphatic imine (C=N–C) groups is 1. The second-order valence-corrected chi connectivity index (χ2v) is 21.3. The van der Waals surface area contributed by atoms with Gasteiger partial charge in [0.05, 0.1) is 48.9 Å². The molecule has 0 unspecified atom stereocenters. The number of Topliss-reactive ketones (excluding diaryl/α,β-unsaturated/α-hetero) is 1. The van der Waals surface area contributed by atoms with Crippen LogP contribution >= 0.6 is 11.3 Å². The zero-order valence-electron chi connectivity index (χ0n) is 45.4. The highest BCUT2D eigenvalue weighted by molar-refractivity contribution is 7.13. The lowest BCUT2D eigenvalue weighted by molar-refractivity contribution is -0.296. The van der Waals surface area contributed by atoms with Gasteiger partial charge in [0.2, 0.25) is 17.7 Å². The van der Waals surface area contributed by atoms with Crippen LogP contribution in [0.1, 0.15) is 113 Å². The number of esters is 1. The minimum absolute atomic E-state index is 0.0331. The Labute approximate surface area is 446 Å². The highest BCUT2D eigenvalue weighted by Crippen LogP contribution is 2.41. The summed E-state index contributed by atoms with van der Waals surface area (Å²) in [4.78, 5) is 95.6. The molecule has 3 fully saturated rings. The molecule has 0 spiro atoms. The number of likely N-dealkylation sites (N-methyl/N-ethyl adjacent to an activating group) is 1. The lowest BCUT2D eigenvalue weighted by Crippen LogP contribution is -2.61. The van der Waals surface area contributed by atoms with Crippen LogP contribution in [0.4, 0.5) is 10.2 Å². The number of primary amides is 1. The number of cyclic esters (lactones) is 1. The predicted octanol–water partition coefficient (Wildman–Crippen LogP) is 3.74. The molecular weight excluding hydrogens is 1020 g/mol. The summed E-state index contributed by atoms with van der Waals surface area (Å²) in [6, 6.07) is 2.06. The number of nitrogens with one attached hydrogen (secondary N) is 1. The minimum atomic E-state index is -3.26. The number of nitrogens with zero attached hydrogens (tertiary/aromatic N) is 5. The number of hydrogen-bond donors (Lipinski definition) is 6. The highest BCUT2D eigenvalue weighted by Gasteiger charge is 2.57. The number of carbonyl (C=O) groups excluding carboxylic acids is 5. The number of fused-ring (bicyclic) bond motifs is 5. The van der Waals surface area contributed by atoms with E-state index in [2.05, 4.69) is 25.4 Å². The van der Waals surface area contributed by atoms with E-state index in [-0.39, 0.29) is 63.5 Å². The van der Waals surface area contributed by atoms with Crippen LogP contribution in [0.2, 0.25) is 0 Å². The van der Waals surface area contributed by atoms with Gasteiger partial charge in [-0.3, -0.25) is 29.0 Å². The van der Waals surface area contributed by atoms with Gasteiger partial charge in [-0.25, -0.2) is 19.2 Å². The summed E-state index contributed by atoms with van der Waals surface area (Å²) in [5, 5.41) is 40.9. The molecule has 0 saturated carbocycles. The van der Waals surface area contributed by atoms with Crippen molar-refractivity contribution in [1.29, 1.82) is 0 Å². The Kier molecular flexibility index (Phi) is 22.8. The van der Waals surface area contributed by atoms with Crippen molar-refractivity contribution in [3.8, 4) is 10.6 Å². The first-order valence-electron chi connectivity index (χ1n) is 25.3. The van der Waals surface area contributed by atoms with E-state index in [0.29, 0.717) is 28.4 Å². The number of aliphatic hydroxyl groups is 2. The highest BCUT2D eigenvalue weighted by atomic mass is 32.1. The number of rotatable bonds is 14. The van der Waals surface area contributed by atoms with Crippen LogP contribution in [0.3, 0.4) is 0 Å². The zero-order valence-corrected chi connectivity index (χ0v) is 46.3. The Morgan fingerprint density at radius 2 is 1.75 bits per heavy atom. The topological polar surface area (TPSA) is 336 Å². The maximum Gasteiger partial charge on any atom is 0.351 e. The second kappa shape index (κ2) is 27.4. The van der Waals surface area contributed by atoms with Gasteiger partial charge in [0.25, 0.3) is 11.6 Å². The maximum absolute atomic E-state index is 17.0. The van der Waals surface area contributed by atoms with Gasteiger partial charge in [-0.05, 0) is 85.5 Å². The molecule has 2 aromatic heterocycles. The molecule has 2 bridgehead atoms. The van der Waals surface area contributed by atoms with Gasteiger partial charge in [-0.1, -0.05) is 39.8 Å². The molecule has 8 N–H and O–H groups in total. The molecule has 0 radical (unpaired) electrons. The van der Waals surface area contributed by atoms with Crippen molar-refractivity contribution >= 4 is 64.0 Å². The van der Waals surface area contributed by atoms with Crippen LogP contribution in [-0.4, -0.2) is 170 Å². The average molecular weight is 1090 g/mol. The zero-order chi connectivity index (χ0) is 57.0. The number of carboxylic acids is 1. The lowest BCUT2D eigenvalue weighted by atomic mass is 9.73. The Bertz CT molecular complexity index is 2400. The number of carboxylic acid groups (broad SMARTS) is 1. The first kappa shape index (κ1) is 63.3. The van der Waals surface area contributed by atoms with Gasteiger partial charge in [0, 0.05) is 60.5 Å². The molecule has 3 saturated heterocycles. The first-order chi connectivity index (χ1) is 35.5. The van der Waals surface area contributed by atoms with Gasteiger partial charge in [0.15, 0.2) is 18.7 Å². The number of aliphatic hydroxyl groups excluding tert-OH is 1. The molecule has 76 heavy (non-hydrogen) atoms. The third kappa shape index (κ3) is 16.4. The second-order valence-electron chi connectivity index (χ2n) is 20.5. The average Bonchev–Trinajstić information content (AvgIpc) is 3.81. The smallest absolute Gasteiger partial charge is 0.351 e. The van der Waals surface area contributed by atoms with Crippen molar-refractivity contribution in [2.24, 2.45) is 39.4 Å². The summed E-state index contributed by atoms with van der Waals surface area (Å²) in [5.74, 6) is -7.86. The minimum Gasteiger partial charge on any atom is -0.481 e. The number of carbonyl (C=O) groups is 6. The number of thiazole rings is 1. The number of oxime groups is 1. The Morgan fingerprint density at radius 3 is 2.34 bits per heavy atom. The SMILES string of the molecule is CC(=O)O.CCC(=O)N=C1[C@H](C)C[C@@]2(C)OC/C(=N/OCc3ccc(-c4nc(NC(=O)[C@@H](N)CCC(N)=O)cs4)cn3)CO[C@@H]([C@H]1C)[C@](C)(O)[C@@H](CC)OC(=O)[C@@](C)(F)C(=O)[C@H](C)[C@H]2O[C@@H]1O[C@H](C)C[C@H](N(C)C)[C@H]1O. The molecule has 3 aliphatic rings. The largest absolute Gasteiger partial charge is 0.481 e. The summed E-state index contributed by atoms with van der Waals surface area (Å²) in [6.07, 6.45) is -5.16. The molecule has 5 heterocycles. The Hall–Kier alpha value is -5.25. The standard InChI is InChI=1S/C49H73FN8O13S.C2H4O2/c1-12-34-49(9,65)42-27(5)38(56-37(60)13-2)25(3)19-47(7,41(28(6)40(62)48(8,50)46(64)70-34)71-45-39(61)33(58(10)11)18-26(4)69-45)67-22-31(21-66-42)57-68-23-30-15-14-29(20-53-30)44-55-36(24-72-44)54-43(63)32(51)16-17-35(52)59;1-2(3)4/h14-15,20,24-28,32-34,39,41-42,45,61,65H,12-13,16-19,21-23,51H2,1-11H3,(H2,52,59)(H,54,63);1H3,(H,3,4)/b56-38?,57-31+;/t25-,26-,27+,28+,32+,33+,34-,39-,41-,42+,45+,47-,48+,49-;/m1./s1. The predicted molar refractivity (Wildman–Crippen MR) is 277 cm³/mol. The van der Waals surface area contributed by atoms with E-state index >= 15 is 4.39 Å². The van der Waals surface area contributed by atoms with Crippen LogP contribution < -0.4 is 16.8 Å². The third-order valence-electron chi connectivity index (χ3n) is 13.7. The molecule has 14 atom stereocenters. The number of hydrogen-bond acceptors (Lipinski definition) is 20. The third-order valence-corrected chi connectivity index (χ3v) is 14.6. The van der Waals surface area contributed by atoms with Crippen molar-refractivity contribution in [1.82, 2.24) is 14.9 Å². The van der Waals surface area contributed by atoms with Crippen LogP contribution in [0, 0.1) is 17.8 Å². The van der Waals surface area contributed by atoms with Crippen LogP contribution in [0.5, 0.6) is 0 Å². The van der Waals surface area contributed by atoms with Gasteiger partial charge in [-0.15, -0.1) is 11.3 Å². The van der Waals surface area contributed by atoms with E-state index in [1.54, 1.807) is 72.4 Å². The number of alkyl halides is 1. The molecule has 3 amide bonds. The van der Waals surface area contributed by atoms with Crippen LogP contribution in [-0.2, 0) is 63.9 Å². The van der Waals surface area contributed by atoms with E-state index in [1.165, 1.54) is 25.2 Å². The number of amides is 3. The molecule has 23 nitrogen and oxygen atoms in total. The number of pyridine rings is 1. The quantitative estimate of drug-likeness (QED) is 0.0891. The molecule has 2 aromatic rings. The van der Waals surface area contributed by atoms with Gasteiger partial charge in [0.1, 0.15) is 34.3 Å². The number of aromatic nitrogens is 2. The number of anilines is 1. The van der Waals surface area contributed by atoms with Crippen LogP contribution in [0.25, 0.3) is 10.6 Å². The number of nitrogens with two attached hydrogens (primary N) is 2. The van der Waals surface area contributed by atoms with Crippen molar-refractivity contribution in [3.63, 3.8) is 0 Å². The maximum atomic E-state index is 17.0. The van der Waals surface area contributed by atoms with Crippen molar-refractivity contribution in [3.05, 3.63) is 29.4 Å². The van der Waals surface area contributed by atoms with E-state index < -0.39 is 119 Å². The molecule has 424 valence electrons.